The molecule has 1 fully saturated rings. The second kappa shape index (κ2) is 10.4. The predicted molar refractivity (Wildman–Crippen MR) is 127 cm³/mol. The van der Waals surface area contributed by atoms with Gasteiger partial charge < -0.3 is 15.8 Å². The molecule has 1 aliphatic carbocycles. The summed E-state index contributed by atoms with van der Waals surface area (Å²) in [4.78, 5) is 24.9. The van der Waals surface area contributed by atoms with Crippen molar-refractivity contribution in [1.29, 1.82) is 0 Å². The van der Waals surface area contributed by atoms with Crippen LogP contribution in [0.5, 0.6) is 5.75 Å². The zero-order valence-corrected chi connectivity index (χ0v) is 18.3. The maximum Gasteiger partial charge on any atom is 0.251 e. The Hall–Kier alpha value is -3.18. The molecule has 0 aliphatic heterocycles. The van der Waals surface area contributed by atoms with Crippen LogP contribution in [0.25, 0.3) is 10.8 Å². The largest absolute Gasteiger partial charge is 0.490 e. The molecule has 32 heavy (non-hydrogen) atoms. The summed E-state index contributed by atoms with van der Waals surface area (Å²) in [6.45, 7) is 0.461. The van der Waals surface area contributed by atoms with Crippen molar-refractivity contribution in [2.75, 3.05) is 6.54 Å². The molecule has 1 aliphatic rings. The first-order chi connectivity index (χ1) is 15.6. The van der Waals surface area contributed by atoms with Crippen LogP contribution in [0, 0.1) is 0 Å². The number of ketones is 1. The van der Waals surface area contributed by atoms with Crippen LogP contribution >= 0.6 is 0 Å². The monoisotopic (exact) mass is 430 g/mol. The molecule has 1 saturated carbocycles. The molecule has 3 aromatic rings. The molecule has 0 radical (unpaired) electrons. The molecule has 0 aromatic heterocycles. The summed E-state index contributed by atoms with van der Waals surface area (Å²) in [6, 6.07) is 21.3. The van der Waals surface area contributed by atoms with Crippen LogP contribution in [0.1, 0.15) is 59.2 Å². The third-order valence-electron chi connectivity index (χ3n) is 6.08. The molecular formula is C27H30N2O3. The Morgan fingerprint density at radius 2 is 1.56 bits per heavy atom. The van der Waals surface area contributed by atoms with Gasteiger partial charge in [0.05, 0.1) is 6.10 Å². The lowest BCUT2D eigenvalue weighted by Crippen LogP contribution is -2.31. The fourth-order valence-corrected chi connectivity index (χ4v) is 4.15. The normalized spacial score (nSPS) is 18.3. The highest BCUT2D eigenvalue weighted by atomic mass is 16.5. The van der Waals surface area contributed by atoms with Gasteiger partial charge >= 0.3 is 0 Å². The van der Waals surface area contributed by atoms with Gasteiger partial charge in [0, 0.05) is 30.1 Å². The molecule has 4 rings (SSSR count). The summed E-state index contributed by atoms with van der Waals surface area (Å²) in [5, 5.41) is 5.05. The van der Waals surface area contributed by atoms with Crippen molar-refractivity contribution in [3.63, 3.8) is 0 Å². The maximum atomic E-state index is 12.5. The molecule has 166 valence electrons. The van der Waals surface area contributed by atoms with Gasteiger partial charge in [-0.15, -0.1) is 0 Å². The van der Waals surface area contributed by atoms with E-state index in [0.29, 0.717) is 36.6 Å². The number of carbonyl (C=O) groups is 2. The molecule has 0 unspecified atom stereocenters. The lowest BCUT2D eigenvalue weighted by molar-refractivity contribution is 0.0938. The molecule has 0 atom stereocenters. The highest BCUT2D eigenvalue weighted by Gasteiger charge is 2.19. The molecule has 1 amide bonds. The van der Waals surface area contributed by atoms with Crippen molar-refractivity contribution in [3.05, 3.63) is 77.9 Å². The van der Waals surface area contributed by atoms with E-state index >= 15 is 0 Å². The van der Waals surface area contributed by atoms with Gasteiger partial charge in [-0.3, -0.25) is 9.59 Å². The van der Waals surface area contributed by atoms with Gasteiger partial charge in [-0.25, -0.2) is 0 Å². The fourth-order valence-electron chi connectivity index (χ4n) is 4.15. The molecule has 0 bridgehead atoms. The lowest BCUT2D eigenvalue weighted by atomic mass is 9.94. The maximum absolute atomic E-state index is 12.5. The van der Waals surface area contributed by atoms with Gasteiger partial charge in [0.25, 0.3) is 5.91 Å². The summed E-state index contributed by atoms with van der Waals surface area (Å²) in [7, 11) is 0. The number of fused-ring (bicyclic) bond motifs is 1. The van der Waals surface area contributed by atoms with Gasteiger partial charge in [0.2, 0.25) is 0 Å². The minimum absolute atomic E-state index is 0.0696. The third kappa shape index (κ3) is 5.74. The van der Waals surface area contributed by atoms with E-state index in [2.05, 4.69) is 5.32 Å². The Labute approximate surface area is 189 Å². The molecule has 5 nitrogen and oxygen atoms in total. The Morgan fingerprint density at radius 3 is 2.31 bits per heavy atom. The summed E-state index contributed by atoms with van der Waals surface area (Å²) in [5.74, 6) is 0.748. The number of rotatable bonds is 8. The van der Waals surface area contributed by atoms with E-state index in [1.165, 1.54) is 0 Å². The molecule has 0 spiro atoms. The first kappa shape index (κ1) is 22.0. The molecule has 0 heterocycles. The highest BCUT2D eigenvalue weighted by molar-refractivity contribution is 5.98. The number of amides is 1. The molecule has 3 aromatic carbocycles. The van der Waals surface area contributed by atoms with E-state index in [4.69, 9.17) is 10.5 Å². The van der Waals surface area contributed by atoms with Gasteiger partial charge in [0.1, 0.15) is 5.75 Å². The Balaban J connectivity index is 1.21. The van der Waals surface area contributed by atoms with Gasteiger partial charge in [-0.05, 0) is 79.3 Å². The minimum atomic E-state index is -0.117. The number of carbonyl (C=O) groups excluding carboxylic acids is 2. The van der Waals surface area contributed by atoms with Crippen molar-refractivity contribution in [2.45, 2.75) is 50.7 Å². The SMILES string of the molecule is NC1CCC(Oc2ccc(C(=O)CCCNC(=O)c3ccc4ccccc4c3)cc2)CC1. The summed E-state index contributed by atoms with van der Waals surface area (Å²) in [5.41, 5.74) is 7.24. The standard InChI is InChI=1S/C27H30N2O3/c28-23-11-15-25(16-12-23)32-24-13-9-20(10-14-24)26(30)6-3-17-29-27(31)22-8-7-19-4-1-2-5-21(19)18-22/h1-2,4-5,7-10,13-14,18,23,25H,3,6,11-12,15-17,28H2,(H,29,31). The van der Waals surface area contributed by atoms with Gasteiger partial charge in [-0.2, -0.15) is 0 Å². The van der Waals surface area contributed by atoms with Crippen molar-refractivity contribution >= 4 is 22.5 Å². The van der Waals surface area contributed by atoms with E-state index in [-0.39, 0.29) is 17.8 Å². The predicted octanol–water partition coefficient (Wildman–Crippen LogP) is 4.88. The summed E-state index contributed by atoms with van der Waals surface area (Å²) in [6.07, 6.45) is 5.15. The van der Waals surface area contributed by atoms with Crippen LogP contribution < -0.4 is 15.8 Å². The van der Waals surface area contributed by atoms with Crippen LogP contribution in [0.4, 0.5) is 0 Å². The minimum Gasteiger partial charge on any atom is -0.490 e. The number of ether oxygens (including phenoxy) is 1. The summed E-state index contributed by atoms with van der Waals surface area (Å²) >= 11 is 0. The van der Waals surface area contributed by atoms with E-state index in [1.54, 1.807) is 0 Å². The topological polar surface area (TPSA) is 81.4 Å². The van der Waals surface area contributed by atoms with E-state index in [9.17, 15) is 9.59 Å². The molecule has 5 heteroatoms. The van der Waals surface area contributed by atoms with Gasteiger partial charge in [-0.1, -0.05) is 30.3 Å². The Kier molecular flexibility index (Phi) is 7.17. The molecule has 0 saturated heterocycles. The quantitative estimate of drug-likeness (QED) is 0.394. The van der Waals surface area contributed by atoms with Crippen LogP contribution in [-0.4, -0.2) is 30.4 Å². The van der Waals surface area contributed by atoms with E-state index < -0.39 is 0 Å². The number of Topliss-reactive ketones (excluding diaryl/α,β-unsaturated/α-hetero) is 1. The van der Waals surface area contributed by atoms with Crippen molar-refractivity contribution in [3.8, 4) is 5.75 Å². The Bertz CT molecular complexity index is 1070. The fraction of sp³-hybridized carbons (Fsp3) is 0.333. The number of benzene rings is 3. The number of hydrogen-bond donors (Lipinski definition) is 2. The molecular weight excluding hydrogens is 400 g/mol. The number of hydrogen-bond acceptors (Lipinski definition) is 4. The van der Waals surface area contributed by atoms with E-state index in [0.717, 1.165) is 42.2 Å². The lowest BCUT2D eigenvalue weighted by Gasteiger charge is -2.26. The van der Waals surface area contributed by atoms with Crippen molar-refractivity contribution < 1.29 is 14.3 Å². The van der Waals surface area contributed by atoms with Crippen molar-refractivity contribution in [2.24, 2.45) is 5.73 Å². The zero-order valence-electron chi connectivity index (χ0n) is 18.3. The van der Waals surface area contributed by atoms with Crippen LogP contribution in [0.3, 0.4) is 0 Å². The first-order valence-corrected chi connectivity index (χ1v) is 11.4. The number of nitrogens with one attached hydrogen (secondary N) is 1. The first-order valence-electron chi connectivity index (χ1n) is 11.4. The van der Waals surface area contributed by atoms with Crippen LogP contribution in [0.15, 0.2) is 66.7 Å². The van der Waals surface area contributed by atoms with E-state index in [1.807, 2.05) is 66.7 Å². The average Bonchev–Trinajstić information content (AvgIpc) is 2.83. The summed E-state index contributed by atoms with van der Waals surface area (Å²) < 4.78 is 6.02. The van der Waals surface area contributed by atoms with Gasteiger partial charge in [0.15, 0.2) is 5.78 Å². The van der Waals surface area contributed by atoms with Crippen LogP contribution in [0.2, 0.25) is 0 Å². The number of nitrogens with two attached hydrogens (primary N) is 1. The zero-order chi connectivity index (χ0) is 22.3. The molecule has 3 N–H and O–H groups in total. The second-order valence-corrected chi connectivity index (χ2v) is 8.52. The highest BCUT2D eigenvalue weighted by Crippen LogP contribution is 2.23. The smallest absolute Gasteiger partial charge is 0.251 e. The average molecular weight is 431 g/mol. The van der Waals surface area contributed by atoms with Crippen molar-refractivity contribution in [1.82, 2.24) is 5.32 Å². The third-order valence-corrected chi connectivity index (χ3v) is 6.08. The van der Waals surface area contributed by atoms with Crippen LogP contribution in [-0.2, 0) is 0 Å². The Morgan fingerprint density at radius 1 is 0.875 bits per heavy atom. The second-order valence-electron chi connectivity index (χ2n) is 8.52.